The van der Waals surface area contributed by atoms with E-state index < -0.39 is 0 Å². The maximum Gasteiger partial charge on any atom is 0.191 e. The molecule has 0 unspecified atom stereocenters. The van der Waals surface area contributed by atoms with E-state index in [4.69, 9.17) is 10.5 Å². The summed E-state index contributed by atoms with van der Waals surface area (Å²) in [6.45, 7) is 2.95. The number of aliphatic imine (C=N–C) groups is 1. The van der Waals surface area contributed by atoms with E-state index in [1.165, 1.54) is 6.07 Å². The summed E-state index contributed by atoms with van der Waals surface area (Å²) >= 11 is 0. The van der Waals surface area contributed by atoms with Crippen LogP contribution >= 0.6 is 0 Å². The van der Waals surface area contributed by atoms with Gasteiger partial charge in [0.05, 0.1) is 19.3 Å². The highest BCUT2D eigenvalue weighted by molar-refractivity contribution is 5.78. The largest absolute Gasteiger partial charge is 0.378 e. The van der Waals surface area contributed by atoms with Crippen molar-refractivity contribution in [3.8, 4) is 0 Å². The van der Waals surface area contributed by atoms with Gasteiger partial charge in [0.1, 0.15) is 5.82 Å². The van der Waals surface area contributed by atoms with Crippen LogP contribution in [0.25, 0.3) is 0 Å². The Morgan fingerprint density at radius 2 is 2.05 bits per heavy atom. The van der Waals surface area contributed by atoms with E-state index >= 15 is 0 Å². The topological polar surface area (TPSA) is 50.8 Å². The molecule has 1 aromatic carbocycles. The van der Waals surface area contributed by atoms with Crippen LogP contribution in [0.3, 0.4) is 0 Å². The smallest absolute Gasteiger partial charge is 0.191 e. The van der Waals surface area contributed by atoms with Crippen molar-refractivity contribution in [3.05, 3.63) is 35.6 Å². The van der Waals surface area contributed by atoms with Crippen LogP contribution in [-0.2, 0) is 4.74 Å². The van der Waals surface area contributed by atoms with Gasteiger partial charge in [0, 0.05) is 19.0 Å². The van der Waals surface area contributed by atoms with E-state index in [0.29, 0.717) is 19.2 Å². The first-order valence-electron chi connectivity index (χ1n) is 6.66. The fourth-order valence-electron chi connectivity index (χ4n) is 2.48. The monoisotopic (exact) mass is 263 g/mol. The number of hydrogen-bond acceptors (Lipinski definition) is 2. The van der Waals surface area contributed by atoms with Crippen molar-refractivity contribution in [2.45, 2.75) is 18.4 Å². The number of nitrogens with zero attached hydrogens (tertiary/aromatic N) is 2. The van der Waals surface area contributed by atoms with Gasteiger partial charge in [-0.15, -0.1) is 0 Å². The molecule has 4 nitrogen and oxygen atoms in total. The number of guanidine groups is 1. The lowest BCUT2D eigenvalue weighted by Crippen LogP contribution is -2.45. The highest BCUT2D eigenvalue weighted by Gasteiger charge is 2.40. The van der Waals surface area contributed by atoms with Crippen LogP contribution in [0.15, 0.2) is 29.3 Å². The van der Waals surface area contributed by atoms with Crippen molar-refractivity contribution < 1.29 is 9.13 Å². The molecule has 1 aliphatic carbocycles. The van der Waals surface area contributed by atoms with E-state index in [1.54, 1.807) is 6.07 Å². The number of rotatable bonds is 2. The minimum atomic E-state index is -0.143. The van der Waals surface area contributed by atoms with Gasteiger partial charge in [-0.3, -0.25) is 0 Å². The Balaban J connectivity index is 1.65. The SMILES string of the molecule is NC(=N[C@@H]1C[C@H]1c1ccccc1F)N1CCOCC1. The molecule has 5 heteroatoms. The summed E-state index contributed by atoms with van der Waals surface area (Å²) in [5, 5.41) is 0. The second-order valence-electron chi connectivity index (χ2n) is 5.02. The molecule has 2 fully saturated rings. The molecule has 3 rings (SSSR count). The van der Waals surface area contributed by atoms with E-state index in [-0.39, 0.29) is 17.8 Å². The molecule has 1 saturated carbocycles. The molecule has 1 heterocycles. The van der Waals surface area contributed by atoms with Gasteiger partial charge in [-0.25, -0.2) is 9.38 Å². The zero-order chi connectivity index (χ0) is 13.2. The second-order valence-corrected chi connectivity index (χ2v) is 5.02. The highest BCUT2D eigenvalue weighted by atomic mass is 19.1. The van der Waals surface area contributed by atoms with Crippen LogP contribution in [0.1, 0.15) is 17.9 Å². The third kappa shape index (κ3) is 2.71. The average Bonchev–Trinajstić information content (AvgIpc) is 3.19. The second kappa shape index (κ2) is 5.17. The zero-order valence-electron chi connectivity index (χ0n) is 10.8. The van der Waals surface area contributed by atoms with Gasteiger partial charge in [0.2, 0.25) is 0 Å². The van der Waals surface area contributed by atoms with E-state index in [9.17, 15) is 4.39 Å². The quantitative estimate of drug-likeness (QED) is 0.647. The molecule has 102 valence electrons. The molecule has 0 amide bonds. The van der Waals surface area contributed by atoms with Crippen molar-refractivity contribution in [1.29, 1.82) is 0 Å². The summed E-state index contributed by atoms with van der Waals surface area (Å²) in [6, 6.07) is 7.03. The predicted octanol–water partition coefficient (Wildman–Crippen LogP) is 1.33. The lowest BCUT2D eigenvalue weighted by atomic mass is 10.1. The summed E-state index contributed by atoms with van der Waals surface area (Å²) in [5.41, 5.74) is 6.75. The highest BCUT2D eigenvalue weighted by Crippen LogP contribution is 2.44. The summed E-state index contributed by atoms with van der Waals surface area (Å²) in [7, 11) is 0. The molecule has 2 N–H and O–H groups in total. The standard InChI is InChI=1S/C14H18FN3O/c15-12-4-2-1-3-10(12)11-9-13(11)17-14(16)18-5-7-19-8-6-18/h1-4,11,13H,5-9H2,(H2,16,17)/t11-,13+/m0/s1. The minimum absolute atomic E-state index is 0.125. The van der Waals surface area contributed by atoms with Gasteiger partial charge in [0.25, 0.3) is 0 Å². The molecule has 1 aromatic rings. The Bertz CT molecular complexity index is 485. The normalized spacial score (nSPS) is 27.4. The van der Waals surface area contributed by atoms with Crippen LogP contribution in [-0.4, -0.2) is 43.2 Å². The Hall–Kier alpha value is -1.62. The predicted molar refractivity (Wildman–Crippen MR) is 71.6 cm³/mol. The Labute approximate surface area is 112 Å². The third-order valence-electron chi connectivity index (χ3n) is 3.69. The summed E-state index contributed by atoms with van der Waals surface area (Å²) in [5.74, 6) is 0.600. The number of benzene rings is 1. The lowest BCUT2D eigenvalue weighted by molar-refractivity contribution is 0.0674. The number of hydrogen-bond donors (Lipinski definition) is 1. The van der Waals surface area contributed by atoms with Gasteiger partial charge < -0.3 is 15.4 Å². The maximum absolute atomic E-state index is 13.6. The third-order valence-corrected chi connectivity index (χ3v) is 3.69. The molecule has 19 heavy (non-hydrogen) atoms. The number of nitrogens with two attached hydrogens (primary N) is 1. The number of halogens is 1. The molecule has 0 radical (unpaired) electrons. The van der Waals surface area contributed by atoms with E-state index in [1.807, 2.05) is 17.0 Å². The van der Waals surface area contributed by atoms with Crippen LogP contribution in [0.5, 0.6) is 0 Å². The summed E-state index contributed by atoms with van der Waals surface area (Å²) < 4.78 is 18.9. The van der Waals surface area contributed by atoms with Gasteiger partial charge in [-0.1, -0.05) is 18.2 Å². The Morgan fingerprint density at radius 3 is 2.79 bits per heavy atom. The van der Waals surface area contributed by atoms with E-state index in [2.05, 4.69) is 4.99 Å². The summed E-state index contributed by atoms with van der Waals surface area (Å²) in [6.07, 6.45) is 0.881. The number of morpholine rings is 1. The molecule has 2 atom stereocenters. The first-order chi connectivity index (χ1) is 9.25. The molecule has 0 bridgehead atoms. The van der Waals surface area contributed by atoms with Crippen molar-refractivity contribution in [1.82, 2.24) is 4.90 Å². The van der Waals surface area contributed by atoms with Crippen LogP contribution < -0.4 is 5.73 Å². The van der Waals surface area contributed by atoms with Crippen molar-refractivity contribution >= 4 is 5.96 Å². The molecule has 1 aliphatic heterocycles. The van der Waals surface area contributed by atoms with Crippen LogP contribution in [0.2, 0.25) is 0 Å². The fourth-order valence-corrected chi connectivity index (χ4v) is 2.48. The molecule has 0 spiro atoms. The molecule has 1 saturated heterocycles. The maximum atomic E-state index is 13.6. The van der Waals surface area contributed by atoms with Gasteiger partial charge in [-0.2, -0.15) is 0 Å². The van der Waals surface area contributed by atoms with Crippen LogP contribution in [0.4, 0.5) is 4.39 Å². The van der Waals surface area contributed by atoms with Gasteiger partial charge in [-0.05, 0) is 18.1 Å². The molecule has 2 aliphatic rings. The fraction of sp³-hybridized carbons (Fsp3) is 0.500. The average molecular weight is 263 g/mol. The number of ether oxygens (including phenoxy) is 1. The lowest BCUT2D eigenvalue weighted by Gasteiger charge is -2.27. The van der Waals surface area contributed by atoms with Crippen molar-refractivity contribution in [2.24, 2.45) is 10.7 Å². The minimum Gasteiger partial charge on any atom is -0.378 e. The first kappa shape index (κ1) is 12.4. The Morgan fingerprint density at radius 1 is 1.32 bits per heavy atom. The van der Waals surface area contributed by atoms with Gasteiger partial charge in [0.15, 0.2) is 5.96 Å². The zero-order valence-corrected chi connectivity index (χ0v) is 10.8. The van der Waals surface area contributed by atoms with Gasteiger partial charge >= 0.3 is 0 Å². The molecule has 0 aromatic heterocycles. The van der Waals surface area contributed by atoms with Crippen molar-refractivity contribution in [2.75, 3.05) is 26.3 Å². The first-order valence-corrected chi connectivity index (χ1v) is 6.66. The molecular formula is C14H18FN3O. The van der Waals surface area contributed by atoms with Crippen molar-refractivity contribution in [3.63, 3.8) is 0 Å². The Kier molecular flexibility index (Phi) is 3.38. The molecular weight excluding hydrogens is 245 g/mol. The van der Waals surface area contributed by atoms with Crippen LogP contribution in [0, 0.1) is 5.82 Å². The van der Waals surface area contributed by atoms with E-state index in [0.717, 1.165) is 25.1 Å². The summed E-state index contributed by atoms with van der Waals surface area (Å²) in [4.78, 5) is 6.54.